The Balaban J connectivity index is 2.04. The standard InChI is InChI=1S/C28H28F2N2O6S/c1-5-9-19-23(26(34)37-6-2)24(18-15-17(35-3)12-13-21(18)36-4)32-25(33)22(39-28(32)31-19)14-16-10-7-8-11-20(16)38-27(29)30/h7-8,10-15,24,27H,5-6,9H2,1-4H3/b22-14-/t24-/m1/s1. The minimum Gasteiger partial charge on any atom is -0.497 e. The fourth-order valence-corrected chi connectivity index (χ4v) is 5.42. The predicted molar refractivity (Wildman–Crippen MR) is 142 cm³/mol. The average Bonchev–Trinajstić information content (AvgIpc) is 3.23. The monoisotopic (exact) mass is 558 g/mol. The highest BCUT2D eigenvalue weighted by Crippen LogP contribution is 2.38. The molecule has 0 unspecified atom stereocenters. The molecule has 0 fully saturated rings. The smallest absolute Gasteiger partial charge is 0.387 e. The molecule has 0 amide bonds. The van der Waals surface area contributed by atoms with Crippen molar-refractivity contribution in [2.24, 2.45) is 4.99 Å². The number of nitrogens with zero attached hydrogens (tertiary/aromatic N) is 2. The number of rotatable bonds is 10. The number of fused-ring (bicyclic) bond motifs is 1. The van der Waals surface area contributed by atoms with E-state index in [-0.39, 0.29) is 22.5 Å². The van der Waals surface area contributed by atoms with Crippen LogP contribution in [0.3, 0.4) is 0 Å². The van der Waals surface area contributed by atoms with Crippen LogP contribution in [0.15, 0.2) is 63.5 Å². The van der Waals surface area contributed by atoms with E-state index in [0.717, 1.165) is 11.3 Å². The lowest BCUT2D eigenvalue weighted by Gasteiger charge is -2.27. The van der Waals surface area contributed by atoms with Gasteiger partial charge in [0.05, 0.1) is 36.6 Å². The van der Waals surface area contributed by atoms with Gasteiger partial charge in [0.2, 0.25) is 0 Å². The van der Waals surface area contributed by atoms with Crippen molar-refractivity contribution in [2.45, 2.75) is 39.3 Å². The summed E-state index contributed by atoms with van der Waals surface area (Å²) in [6.07, 6.45) is 2.64. The summed E-state index contributed by atoms with van der Waals surface area (Å²) in [6.45, 7) is 0.772. The first-order chi connectivity index (χ1) is 18.8. The van der Waals surface area contributed by atoms with Gasteiger partial charge in [0.1, 0.15) is 23.3 Å². The molecule has 1 aliphatic heterocycles. The van der Waals surface area contributed by atoms with E-state index in [1.54, 1.807) is 43.3 Å². The zero-order chi connectivity index (χ0) is 28.1. The number of aromatic nitrogens is 1. The summed E-state index contributed by atoms with van der Waals surface area (Å²) in [4.78, 5) is 32.4. The number of para-hydroxylation sites is 1. The Labute approximate surface area is 227 Å². The fourth-order valence-electron chi connectivity index (χ4n) is 4.41. The number of esters is 1. The highest BCUT2D eigenvalue weighted by molar-refractivity contribution is 7.07. The number of hydrogen-bond donors (Lipinski definition) is 0. The van der Waals surface area contributed by atoms with E-state index in [2.05, 4.69) is 4.74 Å². The summed E-state index contributed by atoms with van der Waals surface area (Å²) in [5, 5.41) is 0. The quantitative estimate of drug-likeness (QED) is 0.347. The number of methoxy groups -OCH3 is 2. The largest absolute Gasteiger partial charge is 0.497 e. The number of carbonyl (C=O) groups excluding carboxylic acids is 1. The van der Waals surface area contributed by atoms with E-state index in [1.165, 1.54) is 30.9 Å². The molecule has 0 bridgehead atoms. The van der Waals surface area contributed by atoms with Gasteiger partial charge in [0, 0.05) is 11.1 Å². The van der Waals surface area contributed by atoms with Crippen LogP contribution in [0, 0.1) is 0 Å². The van der Waals surface area contributed by atoms with Crippen LogP contribution >= 0.6 is 11.3 Å². The van der Waals surface area contributed by atoms with Crippen LogP contribution in [-0.2, 0) is 9.53 Å². The molecular formula is C28H28F2N2O6S. The van der Waals surface area contributed by atoms with Crippen LogP contribution in [0.25, 0.3) is 6.08 Å². The fraction of sp³-hybridized carbons (Fsp3) is 0.321. The number of alkyl halides is 2. The maximum absolute atomic E-state index is 13.9. The van der Waals surface area contributed by atoms with Crippen molar-refractivity contribution >= 4 is 23.4 Å². The van der Waals surface area contributed by atoms with Crippen molar-refractivity contribution in [1.29, 1.82) is 0 Å². The number of thiazole rings is 1. The van der Waals surface area contributed by atoms with Gasteiger partial charge in [-0.1, -0.05) is 42.9 Å². The van der Waals surface area contributed by atoms with E-state index in [1.807, 2.05) is 6.92 Å². The van der Waals surface area contributed by atoms with Gasteiger partial charge in [-0.05, 0) is 43.7 Å². The first-order valence-electron chi connectivity index (χ1n) is 12.3. The molecule has 1 aliphatic rings. The number of benzene rings is 2. The van der Waals surface area contributed by atoms with Crippen LogP contribution in [0.5, 0.6) is 17.2 Å². The van der Waals surface area contributed by atoms with Gasteiger partial charge in [-0.3, -0.25) is 9.36 Å². The number of allylic oxidation sites excluding steroid dienone is 1. The Hall–Kier alpha value is -3.99. The Morgan fingerprint density at radius 1 is 1.13 bits per heavy atom. The summed E-state index contributed by atoms with van der Waals surface area (Å²) >= 11 is 1.09. The molecule has 8 nitrogen and oxygen atoms in total. The van der Waals surface area contributed by atoms with Crippen LogP contribution in [-0.4, -0.2) is 38.0 Å². The lowest BCUT2D eigenvalue weighted by molar-refractivity contribution is -0.139. The molecule has 11 heteroatoms. The lowest BCUT2D eigenvalue weighted by atomic mass is 9.93. The molecule has 0 saturated heterocycles. The average molecular weight is 559 g/mol. The van der Waals surface area contributed by atoms with Crippen molar-refractivity contribution in [1.82, 2.24) is 4.57 Å². The van der Waals surface area contributed by atoms with Gasteiger partial charge in [-0.2, -0.15) is 8.78 Å². The highest BCUT2D eigenvalue weighted by Gasteiger charge is 2.36. The van der Waals surface area contributed by atoms with Crippen molar-refractivity contribution < 1.29 is 32.5 Å². The Morgan fingerprint density at radius 2 is 1.90 bits per heavy atom. The zero-order valence-corrected chi connectivity index (χ0v) is 22.7. The van der Waals surface area contributed by atoms with Gasteiger partial charge in [-0.25, -0.2) is 9.79 Å². The van der Waals surface area contributed by atoms with Crippen molar-refractivity contribution in [3.05, 3.63) is 84.5 Å². The number of halogens is 2. The van der Waals surface area contributed by atoms with E-state index in [0.29, 0.717) is 46.0 Å². The second-order valence-electron chi connectivity index (χ2n) is 8.44. The minimum atomic E-state index is -3.02. The maximum Gasteiger partial charge on any atom is 0.387 e. The summed E-state index contributed by atoms with van der Waals surface area (Å²) < 4.78 is 48.7. The molecule has 0 aliphatic carbocycles. The molecule has 0 spiro atoms. The van der Waals surface area contributed by atoms with Crippen molar-refractivity contribution in [3.8, 4) is 17.2 Å². The van der Waals surface area contributed by atoms with E-state index < -0.39 is 24.2 Å². The third-order valence-electron chi connectivity index (χ3n) is 6.05. The molecule has 2 aromatic carbocycles. The second-order valence-corrected chi connectivity index (χ2v) is 9.45. The normalized spacial score (nSPS) is 15.2. The van der Waals surface area contributed by atoms with Gasteiger partial charge < -0.3 is 18.9 Å². The van der Waals surface area contributed by atoms with Crippen LogP contribution in [0.1, 0.15) is 43.9 Å². The second kappa shape index (κ2) is 12.2. The summed E-state index contributed by atoms with van der Waals surface area (Å²) in [5.41, 5.74) is 1.08. The molecular weight excluding hydrogens is 530 g/mol. The third kappa shape index (κ3) is 5.73. The van der Waals surface area contributed by atoms with E-state index in [9.17, 15) is 18.4 Å². The Morgan fingerprint density at radius 3 is 2.56 bits per heavy atom. The topological polar surface area (TPSA) is 88.4 Å². The summed E-state index contributed by atoms with van der Waals surface area (Å²) in [6, 6.07) is 10.4. The Bertz CT molecular complexity index is 1580. The van der Waals surface area contributed by atoms with E-state index in [4.69, 9.17) is 19.2 Å². The molecule has 39 heavy (non-hydrogen) atoms. The molecule has 1 atom stereocenters. The Kier molecular flexibility index (Phi) is 8.80. The van der Waals surface area contributed by atoms with Crippen LogP contribution < -0.4 is 29.1 Å². The summed E-state index contributed by atoms with van der Waals surface area (Å²) in [5.74, 6) is 0.279. The van der Waals surface area contributed by atoms with Gasteiger partial charge in [0.25, 0.3) is 5.56 Å². The molecule has 3 aromatic rings. The van der Waals surface area contributed by atoms with Gasteiger partial charge >= 0.3 is 12.6 Å². The first-order valence-corrected chi connectivity index (χ1v) is 13.1. The van der Waals surface area contributed by atoms with Gasteiger partial charge in [0.15, 0.2) is 4.80 Å². The third-order valence-corrected chi connectivity index (χ3v) is 7.03. The number of ether oxygens (including phenoxy) is 4. The van der Waals surface area contributed by atoms with Crippen LogP contribution in [0.2, 0.25) is 0 Å². The molecule has 0 N–H and O–H groups in total. The molecule has 4 rings (SSSR count). The van der Waals surface area contributed by atoms with E-state index >= 15 is 0 Å². The summed E-state index contributed by atoms with van der Waals surface area (Å²) in [7, 11) is 3.01. The van der Waals surface area contributed by atoms with Gasteiger partial charge in [-0.15, -0.1) is 0 Å². The molecule has 0 saturated carbocycles. The molecule has 1 aromatic heterocycles. The first kappa shape index (κ1) is 28.0. The SMILES string of the molecule is CCCC1=C(C(=O)OCC)[C@@H](c2cc(OC)ccc2OC)n2c(s/c(=C\c3ccccc3OC(F)F)c2=O)=N1. The van der Waals surface area contributed by atoms with Crippen molar-refractivity contribution in [2.75, 3.05) is 20.8 Å². The zero-order valence-electron chi connectivity index (χ0n) is 21.9. The maximum atomic E-state index is 13.9. The lowest BCUT2D eigenvalue weighted by Crippen LogP contribution is -2.40. The molecule has 0 radical (unpaired) electrons. The van der Waals surface area contributed by atoms with Crippen LogP contribution in [0.4, 0.5) is 8.78 Å². The predicted octanol–water partition coefficient (Wildman–Crippen LogP) is 4.20. The highest BCUT2D eigenvalue weighted by atomic mass is 32.1. The molecule has 2 heterocycles. The van der Waals surface area contributed by atoms with Crippen molar-refractivity contribution in [3.63, 3.8) is 0 Å². The number of hydrogen-bond acceptors (Lipinski definition) is 8. The number of carbonyl (C=O) groups is 1. The minimum absolute atomic E-state index is 0.0664. The molecule has 206 valence electrons.